The van der Waals surface area contributed by atoms with Crippen molar-refractivity contribution in [2.45, 2.75) is 38.5 Å². The molecule has 3 saturated carbocycles. The van der Waals surface area contributed by atoms with Crippen LogP contribution in [0.25, 0.3) is 0 Å². The summed E-state index contributed by atoms with van der Waals surface area (Å²) in [6.45, 7) is 4.27. The van der Waals surface area contributed by atoms with E-state index in [2.05, 4.69) is 32.0 Å². The van der Waals surface area contributed by atoms with Gasteiger partial charge < -0.3 is 5.11 Å². The molecule has 1 aromatic carbocycles. The fraction of sp³-hybridized carbons (Fsp3) is 0.500. The van der Waals surface area contributed by atoms with Gasteiger partial charge in [-0.15, -0.1) is 0 Å². The van der Waals surface area contributed by atoms with E-state index in [-0.39, 0.29) is 10.8 Å². The number of hydrogen-bond acceptors (Lipinski definition) is 1. The fourth-order valence-electron chi connectivity index (χ4n) is 3.93. The van der Waals surface area contributed by atoms with Gasteiger partial charge in [-0.1, -0.05) is 18.2 Å². The smallest absolute Gasteiger partial charge is 0.309 e. The van der Waals surface area contributed by atoms with Crippen LogP contribution in [0.2, 0.25) is 0 Å². The minimum atomic E-state index is -0.597. The third kappa shape index (κ3) is 0.952. The van der Waals surface area contributed by atoms with Gasteiger partial charge in [-0.05, 0) is 55.2 Å². The Labute approximate surface area is 95.3 Å². The van der Waals surface area contributed by atoms with E-state index in [1.165, 1.54) is 16.7 Å². The van der Waals surface area contributed by atoms with Crippen LogP contribution in [0.3, 0.4) is 0 Å². The molecule has 0 saturated heterocycles. The molecule has 0 radical (unpaired) electrons. The monoisotopic (exact) mass is 216 g/mol. The molecule has 0 amide bonds. The molecule has 0 atom stereocenters. The minimum Gasteiger partial charge on any atom is -0.481 e. The van der Waals surface area contributed by atoms with E-state index in [0.717, 1.165) is 19.3 Å². The van der Waals surface area contributed by atoms with Crippen LogP contribution in [0.5, 0.6) is 0 Å². The first-order chi connectivity index (χ1) is 7.49. The Bertz CT molecular complexity index is 447. The molecule has 3 aliphatic rings. The average Bonchev–Trinajstić information content (AvgIpc) is 2.04. The lowest BCUT2D eigenvalue weighted by Gasteiger charge is -2.69. The summed E-state index contributed by atoms with van der Waals surface area (Å²) < 4.78 is 0. The fourth-order valence-corrected chi connectivity index (χ4v) is 3.93. The van der Waals surface area contributed by atoms with Crippen molar-refractivity contribution in [1.29, 1.82) is 0 Å². The summed E-state index contributed by atoms with van der Waals surface area (Å²) >= 11 is 0. The maximum Gasteiger partial charge on any atom is 0.309 e. The van der Waals surface area contributed by atoms with Crippen molar-refractivity contribution in [3.8, 4) is 0 Å². The lowest BCUT2D eigenvalue weighted by atomic mass is 9.33. The van der Waals surface area contributed by atoms with E-state index < -0.39 is 5.97 Å². The van der Waals surface area contributed by atoms with Crippen molar-refractivity contribution >= 4 is 5.97 Å². The minimum absolute atomic E-state index is 0.202. The Morgan fingerprint density at radius 2 is 1.69 bits per heavy atom. The molecule has 2 heteroatoms. The molecule has 16 heavy (non-hydrogen) atoms. The van der Waals surface area contributed by atoms with Crippen LogP contribution in [0.15, 0.2) is 18.2 Å². The van der Waals surface area contributed by atoms with Gasteiger partial charge in [0.1, 0.15) is 0 Å². The average molecular weight is 216 g/mol. The Morgan fingerprint density at radius 1 is 1.19 bits per heavy atom. The molecule has 2 bridgehead atoms. The number of benzene rings is 1. The summed E-state index contributed by atoms with van der Waals surface area (Å²) in [6, 6.07) is 6.35. The highest BCUT2D eigenvalue weighted by Gasteiger charge is 2.72. The molecule has 0 unspecified atom stereocenters. The summed E-state index contributed by atoms with van der Waals surface area (Å²) in [5.74, 6) is -0.597. The van der Waals surface area contributed by atoms with Crippen molar-refractivity contribution in [1.82, 2.24) is 0 Å². The molecular formula is C14H16O2. The molecule has 0 heterocycles. The summed E-state index contributed by atoms with van der Waals surface area (Å²) in [4.78, 5) is 11.1. The molecule has 0 aromatic heterocycles. The van der Waals surface area contributed by atoms with Crippen LogP contribution in [-0.2, 0) is 10.2 Å². The number of carboxylic acids is 1. The second-order valence-corrected chi connectivity index (χ2v) is 5.66. The van der Waals surface area contributed by atoms with Gasteiger partial charge in [-0.25, -0.2) is 0 Å². The highest BCUT2D eigenvalue weighted by Crippen LogP contribution is 2.74. The van der Waals surface area contributed by atoms with Crippen molar-refractivity contribution in [3.63, 3.8) is 0 Å². The number of aryl methyl sites for hydroxylation is 2. The Morgan fingerprint density at radius 3 is 2.12 bits per heavy atom. The molecule has 84 valence electrons. The zero-order valence-corrected chi connectivity index (χ0v) is 9.71. The number of hydrogen-bond donors (Lipinski definition) is 1. The van der Waals surface area contributed by atoms with Gasteiger partial charge in [0.25, 0.3) is 0 Å². The highest BCUT2D eigenvalue weighted by atomic mass is 16.4. The number of aliphatic carboxylic acids is 1. The van der Waals surface area contributed by atoms with Crippen LogP contribution in [0.4, 0.5) is 0 Å². The maximum absolute atomic E-state index is 11.1. The van der Waals surface area contributed by atoms with Crippen molar-refractivity contribution in [3.05, 3.63) is 34.9 Å². The lowest BCUT2D eigenvalue weighted by molar-refractivity contribution is -0.194. The van der Waals surface area contributed by atoms with E-state index >= 15 is 0 Å². The van der Waals surface area contributed by atoms with E-state index in [1.54, 1.807) is 0 Å². The first kappa shape index (κ1) is 9.88. The molecular weight excluding hydrogens is 200 g/mol. The molecule has 0 spiro atoms. The highest BCUT2D eigenvalue weighted by molar-refractivity contribution is 5.81. The first-order valence-corrected chi connectivity index (χ1v) is 5.79. The summed E-state index contributed by atoms with van der Waals surface area (Å²) in [5, 5.41) is 9.13. The van der Waals surface area contributed by atoms with Gasteiger partial charge >= 0.3 is 5.97 Å². The number of carboxylic acid groups (broad SMARTS) is 1. The maximum atomic E-state index is 11.1. The summed E-state index contributed by atoms with van der Waals surface area (Å²) in [7, 11) is 0. The predicted octanol–water partition coefficient (Wildman–Crippen LogP) is 2.81. The normalized spacial score (nSPS) is 35.1. The molecule has 4 rings (SSSR count). The van der Waals surface area contributed by atoms with Crippen molar-refractivity contribution in [2.24, 2.45) is 5.41 Å². The zero-order chi connectivity index (χ0) is 11.6. The van der Waals surface area contributed by atoms with Gasteiger partial charge in [-0.2, -0.15) is 0 Å². The van der Waals surface area contributed by atoms with Crippen molar-refractivity contribution in [2.75, 3.05) is 0 Å². The Kier molecular flexibility index (Phi) is 1.65. The van der Waals surface area contributed by atoms with Crippen LogP contribution in [0.1, 0.15) is 36.0 Å². The molecule has 3 aliphatic carbocycles. The second kappa shape index (κ2) is 2.68. The SMILES string of the molecule is Cc1cccc(C)c1C12CC(C(=O)O)(C1)C2. The van der Waals surface area contributed by atoms with Crippen LogP contribution in [0, 0.1) is 19.3 Å². The molecule has 1 N–H and O–H groups in total. The van der Waals surface area contributed by atoms with Crippen LogP contribution >= 0.6 is 0 Å². The quantitative estimate of drug-likeness (QED) is 0.825. The zero-order valence-electron chi connectivity index (χ0n) is 9.71. The van der Waals surface area contributed by atoms with Crippen LogP contribution < -0.4 is 0 Å². The molecule has 2 nitrogen and oxygen atoms in total. The molecule has 3 fully saturated rings. The van der Waals surface area contributed by atoms with Gasteiger partial charge in [0, 0.05) is 0 Å². The third-order valence-corrected chi connectivity index (χ3v) is 4.50. The van der Waals surface area contributed by atoms with Gasteiger partial charge in [-0.3, -0.25) is 4.79 Å². The van der Waals surface area contributed by atoms with Gasteiger partial charge in [0.15, 0.2) is 0 Å². The summed E-state index contributed by atoms with van der Waals surface area (Å²) in [5.41, 5.74) is 3.89. The van der Waals surface area contributed by atoms with E-state index in [4.69, 9.17) is 5.11 Å². The van der Waals surface area contributed by atoms with Crippen molar-refractivity contribution < 1.29 is 9.90 Å². The molecule has 0 aliphatic heterocycles. The van der Waals surface area contributed by atoms with Crippen LogP contribution in [-0.4, -0.2) is 11.1 Å². The van der Waals surface area contributed by atoms with Gasteiger partial charge in [0.2, 0.25) is 0 Å². The van der Waals surface area contributed by atoms with Gasteiger partial charge in [0.05, 0.1) is 5.41 Å². The summed E-state index contributed by atoms with van der Waals surface area (Å²) in [6.07, 6.45) is 2.54. The standard InChI is InChI=1S/C14H16O2/c1-9-4-3-5-10(2)11(9)13-6-14(7-13,8-13)12(15)16/h3-5H,6-8H2,1-2H3,(H,15,16). The number of carbonyl (C=O) groups is 1. The molecule has 1 aromatic rings. The van der Waals surface area contributed by atoms with E-state index in [1.807, 2.05) is 0 Å². The number of rotatable bonds is 2. The third-order valence-electron chi connectivity index (χ3n) is 4.50. The van der Waals surface area contributed by atoms with E-state index in [9.17, 15) is 4.79 Å². The largest absolute Gasteiger partial charge is 0.481 e. The van der Waals surface area contributed by atoms with E-state index in [0.29, 0.717) is 0 Å². The first-order valence-electron chi connectivity index (χ1n) is 5.79. The second-order valence-electron chi connectivity index (χ2n) is 5.66. The topological polar surface area (TPSA) is 37.3 Å². The Balaban J connectivity index is 1.96. The predicted molar refractivity (Wildman–Crippen MR) is 61.5 cm³/mol. The lowest BCUT2D eigenvalue weighted by Crippen LogP contribution is -2.68. The Hall–Kier alpha value is -1.31.